The average molecular weight is 254 g/mol. The average Bonchev–Trinajstić information content (AvgIpc) is 3.03. The normalized spacial score (nSPS) is 10.8. The van der Waals surface area contributed by atoms with Crippen molar-refractivity contribution >= 4 is 5.69 Å². The second kappa shape index (κ2) is 4.28. The number of aromatic amines is 1. The number of rotatable bonds is 2. The minimum absolute atomic E-state index is 0.439. The monoisotopic (exact) mass is 254 g/mol. The highest BCUT2D eigenvalue weighted by atomic mass is 16.5. The van der Waals surface area contributed by atoms with Crippen molar-refractivity contribution in [1.82, 2.24) is 15.1 Å². The lowest BCUT2D eigenvalue weighted by atomic mass is 10.0. The lowest BCUT2D eigenvalue weighted by Gasteiger charge is -2.06. The molecular weight excluding hydrogens is 240 g/mol. The molecule has 0 saturated carbocycles. The van der Waals surface area contributed by atoms with E-state index >= 15 is 0 Å². The number of aromatic nitrogens is 3. The largest absolute Gasteiger partial charge is 0.398 e. The van der Waals surface area contributed by atoms with E-state index in [2.05, 4.69) is 15.1 Å². The lowest BCUT2D eigenvalue weighted by molar-refractivity contribution is 0.432. The zero-order valence-electron chi connectivity index (χ0n) is 10.8. The first-order valence-electron chi connectivity index (χ1n) is 5.99. The molecule has 0 fully saturated rings. The van der Waals surface area contributed by atoms with Crippen LogP contribution in [0.1, 0.15) is 11.1 Å². The van der Waals surface area contributed by atoms with Gasteiger partial charge in [0.1, 0.15) is 0 Å². The molecule has 2 aromatic heterocycles. The Bertz CT molecular complexity index is 713. The Morgan fingerprint density at radius 1 is 1.26 bits per heavy atom. The molecule has 5 heteroatoms. The molecule has 0 aliphatic rings. The summed E-state index contributed by atoms with van der Waals surface area (Å²) >= 11 is 0. The maximum absolute atomic E-state index is 6.08. The summed E-state index contributed by atoms with van der Waals surface area (Å²) in [4.78, 5) is 7.42. The molecule has 1 aromatic carbocycles. The fourth-order valence-corrected chi connectivity index (χ4v) is 2.07. The Hall–Kier alpha value is -2.56. The molecule has 96 valence electrons. The third-order valence-electron chi connectivity index (χ3n) is 3.03. The maximum Gasteiger partial charge on any atom is 0.260 e. The van der Waals surface area contributed by atoms with Crippen LogP contribution >= 0.6 is 0 Å². The van der Waals surface area contributed by atoms with E-state index in [1.54, 1.807) is 0 Å². The number of hydrogen-bond donors (Lipinski definition) is 2. The molecule has 5 nitrogen and oxygen atoms in total. The summed E-state index contributed by atoms with van der Waals surface area (Å²) in [5.41, 5.74) is 10.5. The molecule has 0 bridgehead atoms. The number of nitrogens with one attached hydrogen (secondary N) is 1. The van der Waals surface area contributed by atoms with Crippen molar-refractivity contribution in [3.8, 4) is 23.0 Å². The first kappa shape index (κ1) is 11.5. The zero-order valence-corrected chi connectivity index (χ0v) is 10.8. The van der Waals surface area contributed by atoms with Crippen LogP contribution in [0.4, 0.5) is 5.69 Å². The number of H-pyrrole nitrogens is 1. The zero-order chi connectivity index (χ0) is 13.4. The summed E-state index contributed by atoms with van der Waals surface area (Å²) in [5, 5.41) is 3.96. The highest BCUT2D eigenvalue weighted by Gasteiger charge is 2.14. The molecule has 3 N–H and O–H groups in total. The smallest absolute Gasteiger partial charge is 0.260 e. The Kier molecular flexibility index (Phi) is 2.59. The highest BCUT2D eigenvalue weighted by molar-refractivity contribution is 5.74. The first-order valence-corrected chi connectivity index (χ1v) is 5.99. The van der Waals surface area contributed by atoms with Crippen LogP contribution in [0.15, 0.2) is 35.0 Å². The number of nitrogens with zero attached hydrogens (tertiary/aromatic N) is 2. The summed E-state index contributed by atoms with van der Waals surface area (Å²) in [6.07, 6.45) is 1.82. The first-order chi connectivity index (χ1) is 9.15. The van der Waals surface area contributed by atoms with Gasteiger partial charge in [-0.05, 0) is 43.2 Å². The number of hydrogen-bond acceptors (Lipinski definition) is 4. The van der Waals surface area contributed by atoms with Gasteiger partial charge >= 0.3 is 0 Å². The highest BCUT2D eigenvalue weighted by Crippen LogP contribution is 2.29. The minimum Gasteiger partial charge on any atom is -0.398 e. The van der Waals surface area contributed by atoms with Crippen molar-refractivity contribution in [2.24, 2.45) is 0 Å². The number of anilines is 1. The minimum atomic E-state index is 0.439. The molecule has 19 heavy (non-hydrogen) atoms. The predicted octanol–water partition coefficient (Wildman–Crippen LogP) is 2.93. The van der Waals surface area contributed by atoms with Crippen LogP contribution in [-0.2, 0) is 0 Å². The molecule has 0 radical (unpaired) electrons. The van der Waals surface area contributed by atoms with Gasteiger partial charge in [0.25, 0.3) is 5.89 Å². The van der Waals surface area contributed by atoms with E-state index in [9.17, 15) is 0 Å². The van der Waals surface area contributed by atoms with Crippen molar-refractivity contribution in [2.45, 2.75) is 13.8 Å². The molecule has 2 heterocycles. The van der Waals surface area contributed by atoms with Gasteiger partial charge in [-0.25, -0.2) is 0 Å². The van der Waals surface area contributed by atoms with E-state index in [4.69, 9.17) is 10.3 Å². The Labute approximate surface area is 110 Å². The fraction of sp³-hybridized carbons (Fsp3) is 0.143. The molecular formula is C14H14N4O. The van der Waals surface area contributed by atoms with E-state index in [0.717, 1.165) is 22.4 Å². The summed E-state index contributed by atoms with van der Waals surface area (Å²) in [6, 6.07) is 7.76. The lowest BCUT2D eigenvalue weighted by Crippen LogP contribution is -1.95. The molecule has 0 amide bonds. The van der Waals surface area contributed by atoms with Gasteiger partial charge in [0, 0.05) is 11.9 Å². The van der Waals surface area contributed by atoms with Gasteiger partial charge < -0.3 is 15.2 Å². The van der Waals surface area contributed by atoms with Crippen LogP contribution in [-0.4, -0.2) is 15.1 Å². The van der Waals surface area contributed by atoms with Gasteiger partial charge in [-0.3, -0.25) is 0 Å². The van der Waals surface area contributed by atoms with Crippen molar-refractivity contribution in [1.29, 1.82) is 0 Å². The number of benzene rings is 1. The summed E-state index contributed by atoms with van der Waals surface area (Å²) in [5.74, 6) is 0.965. The Morgan fingerprint density at radius 2 is 2.11 bits per heavy atom. The topological polar surface area (TPSA) is 80.7 Å². The van der Waals surface area contributed by atoms with Crippen LogP contribution in [0, 0.1) is 13.8 Å². The number of nitrogens with two attached hydrogens (primary N) is 1. The summed E-state index contributed by atoms with van der Waals surface area (Å²) < 4.78 is 5.30. The van der Waals surface area contributed by atoms with Crippen LogP contribution in [0.3, 0.4) is 0 Å². The molecule has 0 spiro atoms. The van der Waals surface area contributed by atoms with Gasteiger partial charge in [-0.1, -0.05) is 11.2 Å². The van der Waals surface area contributed by atoms with E-state index in [0.29, 0.717) is 17.4 Å². The van der Waals surface area contributed by atoms with Gasteiger partial charge in [0.2, 0.25) is 5.82 Å². The SMILES string of the molecule is Cc1cc(C)c(N)c(-c2nc(-c3ccc[nH]3)no2)c1. The molecule has 3 rings (SSSR count). The molecule has 0 unspecified atom stereocenters. The van der Waals surface area contributed by atoms with E-state index in [1.807, 2.05) is 44.3 Å². The molecule has 0 atom stereocenters. The van der Waals surface area contributed by atoms with Crippen LogP contribution in [0.25, 0.3) is 23.0 Å². The number of aryl methyl sites for hydroxylation is 2. The van der Waals surface area contributed by atoms with Gasteiger partial charge in [0.05, 0.1) is 11.3 Å². The second-order valence-corrected chi connectivity index (χ2v) is 4.55. The second-order valence-electron chi connectivity index (χ2n) is 4.55. The van der Waals surface area contributed by atoms with Gasteiger partial charge in [-0.2, -0.15) is 4.98 Å². The van der Waals surface area contributed by atoms with E-state index in [-0.39, 0.29) is 0 Å². The third kappa shape index (κ3) is 1.99. The molecule has 0 aliphatic heterocycles. The molecule has 0 saturated heterocycles. The quantitative estimate of drug-likeness (QED) is 0.689. The maximum atomic E-state index is 6.08. The summed E-state index contributed by atoms with van der Waals surface area (Å²) in [7, 11) is 0. The fourth-order valence-electron chi connectivity index (χ4n) is 2.07. The van der Waals surface area contributed by atoms with Crippen molar-refractivity contribution in [3.63, 3.8) is 0 Å². The summed E-state index contributed by atoms with van der Waals surface area (Å²) in [6.45, 7) is 3.98. The van der Waals surface area contributed by atoms with Crippen LogP contribution in [0.2, 0.25) is 0 Å². The number of nitrogen functional groups attached to an aromatic ring is 1. The van der Waals surface area contributed by atoms with Crippen molar-refractivity contribution in [2.75, 3.05) is 5.73 Å². The Balaban J connectivity index is 2.09. The third-order valence-corrected chi connectivity index (χ3v) is 3.03. The molecule has 0 aliphatic carbocycles. The predicted molar refractivity (Wildman–Crippen MR) is 73.4 cm³/mol. The standard InChI is InChI=1S/C14H14N4O/c1-8-6-9(2)12(15)10(7-8)14-17-13(18-19-14)11-4-3-5-16-11/h3-7,16H,15H2,1-2H3. The van der Waals surface area contributed by atoms with Gasteiger partial charge in [0.15, 0.2) is 0 Å². The van der Waals surface area contributed by atoms with Gasteiger partial charge in [-0.15, -0.1) is 0 Å². The molecule has 3 aromatic rings. The van der Waals surface area contributed by atoms with Crippen LogP contribution in [0.5, 0.6) is 0 Å². The van der Waals surface area contributed by atoms with E-state index < -0.39 is 0 Å². The van der Waals surface area contributed by atoms with Crippen molar-refractivity contribution < 1.29 is 4.52 Å². The Morgan fingerprint density at radius 3 is 2.84 bits per heavy atom. The van der Waals surface area contributed by atoms with E-state index in [1.165, 1.54) is 0 Å². The van der Waals surface area contributed by atoms with Crippen LogP contribution < -0.4 is 5.73 Å². The van der Waals surface area contributed by atoms with Crippen molar-refractivity contribution in [3.05, 3.63) is 41.6 Å².